The maximum Gasteiger partial charge on any atom is 0.416 e. The lowest BCUT2D eigenvalue weighted by molar-refractivity contribution is -0.137. The first-order chi connectivity index (χ1) is 16.7. The van der Waals surface area contributed by atoms with Gasteiger partial charge in [0.2, 0.25) is 0 Å². The molecule has 0 fully saturated rings. The van der Waals surface area contributed by atoms with Crippen LogP contribution < -0.4 is 16.0 Å². The molecule has 0 saturated heterocycles. The molecule has 0 aliphatic rings. The minimum atomic E-state index is -4.38. The lowest BCUT2D eigenvalue weighted by Crippen LogP contribution is -2.27. The molecule has 0 radical (unpaired) electrons. The Bertz CT molecular complexity index is 1300. The second kappa shape index (κ2) is 10.4. The first-order valence-corrected chi connectivity index (χ1v) is 11.8. The van der Waals surface area contributed by atoms with Crippen LogP contribution in [0.4, 0.5) is 24.0 Å². The molecule has 8 nitrogen and oxygen atoms in total. The number of likely N-dealkylation sites (N-methyl/N-ethyl adjacent to an activating group) is 1. The number of pyridine rings is 1. The SMILES string of the molecule is CCNCCn1cnc2cnc(C(=O)NC(C)c3cnc(Nc4ccc(C(F)(F)F)cc4)s3)cc21. The van der Waals surface area contributed by atoms with E-state index in [0.717, 1.165) is 42.2 Å². The molecule has 12 heteroatoms. The molecule has 0 aliphatic carbocycles. The summed E-state index contributed by atoms with van der Waals surface area (Å²) >= 11 is 1.30. The van der Waals surface area contributed by atoms with Crippen molar-refractivity contribution in [2.75, 3.05) is 18.4 Å². The fraction of sp³-hybridized carbons (Fsp3) is 0.304. The molecule has 4 aromatic rings. The average Bonchev–Trinajstić information content (AvgIpc) is 3.46. The first kappa shape index (κ1) is 24.6. The van der Waals surface area contributed by atoms with E-state index in [4.69, 9.17) is 0 Å². The molecule has 1 amide bonds. The third kappa shape index (κ3) is 5.95. The van der Waals surface area contributed by atoms with Crippen molar-refractivity contribution >= 4 is 39.1 Å². The van der Waals surface area contributed by atoms with Crippen molar-refractivity contribution in [3.63, 3.8) is 0 Å². The van der Waals surface area contributed by atoms with E-state index < -0.39 is 11.7 Å². The lowest BCUT2D eigenvalue weighted by Gasteiger charge is -2.12. The first-order valence-electron chi connectivity index (χ1n) is 11.0. The van der Waals surface area contributed by atoms with Gasteiger partial charge in [0.1, 0.15) is 11.2 Å². The predicted molar refractivity (Wildman–Crippen MR) is 129 cm³/mol. The van der Waals surface area contributed by atoms with Crippen molar-refractivity contribution in [2.24, 2.45) is 0 Å². The summed E-state index contributed by atoms with van der Waals surface area (Å²) in [7, 11) is 0. The number of thiazole rings is 1. The van der Waals surface area contributed by atoms with Gasteiger partial charge in [0, 0.05) is 29.9 Å². The molecule has 4 rings (SSSR count). The number of rotatable bonds is 9. The molecular weight excluding hydrogens is 479 g/mol. The summed E-state index contributed by atoms with van der Waals surface area (Å²) in [5, 5.41) is 9.67. The van der Waals surface area contributed by atoms with Crippen LogP contribution in [0, 0.1) is 0 Å². The molecule has 3 aromatic heterocycles. The maximum atomic E-state index is 12.8. The topological polar surface area (TPSA) is 96.8 Å². The Kier molecular flexibility index (Phi) is 7.31. The summed E-state index contributed by atoms with van der Waals surface area (Å²) in [5.74, 6) is -0.329. The van der Waals surface area contributed by atoms with E-state index in [2.05, 4.69) is 30.9 Å². The summed E-state index contributed by atoms with van der Waals surface area (Å²) < 4.78 is 40.2. The van der Waals surface area contributed by atoms with Gasteiger partial charge in [0.25, 0.3) is 5.91 Å². The van der Waals surface area contributed by atoms with Gasteiger partial charge in [-0.15, -0.1) is 0 Å². The number of nitrogens with one attached hydrogen (secondary N) is 3. The van der Waals surface area contributed by atoms with Crippen LogP contribution in [0.1, 0.15) is 40.8 Å². The van der Waals surface area contributed by atoms with Gasteiger partial charge in [0.05, 0.1) is 29.6 Å². The van der Waals surface area contributed by atoms with E-state index in [1.54, 1.807) is 24.8 Å². The van der Waals surface area contributed by atoms with Gasteiger partial charge in [0.15, 0.2) is 5.13 Å². The van der Waals surface area contributed by atoms with E-state index in [9.17, 15) is 18.0 Å². The Morgan fingerprint density at radius 2 is 1.91 bits per heavy atom. The highest BCUT2D eigenvalue weighted by atomic mass is 32.1. The highest BCUT2D eigenvalue weighted by Crippen LogP contribution is 2.31. The molecule has 1 atom stereocenters. The van der Waals surface area contributed by atoms with Crippen molar-refractivity contribution in [3.8, 4) is 0 Å². The van der Waals surface area contributed by atoms with Crippen molar-refractivity contribution in [2.45, 2.75) is 32.6 Å². The molecule has 0 aliphatic heterocycles. The normalized spacial score (nSPS) is 12.6. The molecule has 3 heterocycles. The molecule has 0 bridgehead atoms. The standard InChI is InChI=1S/C23H24F3N7OS/c1-3-27-8-9-33-13-30-18-11-28-17(10-19(18)33)21(34)31-14(2)20-12-29-22(35-20)32-16-6-4-15(5-7-16)23(24,25)26/h4-7,10-14,27H,3,8-9H2,1-2H3,(H,29,32)(H,31,34). The third-order valence-corrected chi connectivity index (χ3v) is 6.38. The number of carbonyl (C=O) groups excluding carboxylic acids is 1. The van der Waals surface area contributed by atoms with Crippen LogP contribution in [0.2, 0.25) is 0 Å². The van der Waals surface area contributed by atoms with Crippen molar-refractivity contribution < 1.29 is 18.0 Å². The highest BCUT2D eigenvalue weighted by molar-refractivity contribution is 7.15. The second-order valence-corrected chi connectivity index (χ2v) is 8.88. The monoisotopic (exact) mass is 503 g/mol. The largest absolute Gasteiger partial charge is 0.416 e. The number of benzene rings is 1. The minimum absolute atomic E-state index is 0.280. The number of aromatic nitrogens is 4. The third-order valence-electron chi connectivity index (χ3n) is 5.28. The number of amides is 1. The van der Waals surface area contributed by atoms with Crippen molar-refractivity contribution in [3.05, 3.63) is 65.2 Å². The van der Waals surface area contributed by atoms with Crippen molar-refractivity contribution in [1.82, 2.24) is 30.2 Å². The Hall–Kier alpha value is -3.51. The number of anilines is 2. The van der Waals surface area contributed by atoms with E-state index in [1.165, 1.54) is 23.5 Å². The predicted octanol–water partition coefficient (Wildman–Crippen LogP) is 4.75. The number of alkyl halides is 3. The van der Waals surface area contributed by atoms with E-state index in [1.807, 2.05) is 18.4 Å². The number of nitrogens with zero attached hydrogens (tertiary/aromatic N) is 4. The minimum Gasteiger partial charge on any atom is -0.343 e. The van der Waals surface area contributed by atoms with E-state index in [-0.39, 0.29) is 17.6 Å². The van der Waals surface area contributed by atoms with Gasteiger partial charge in [-0.2, -0.15) is 13.2 Å². The number of fused-ring (bicyclic) bond motifs is 1. The van der Waals surface area contributed by atoms with Crippen LogP contribution in [0.15, 0.2) is 49.1 Å². The zero-order valence-corrected chi connectivity index (χ0v) is 19.9. The van der Waals surface area contributed by atoms with Crippen LogP contribution in [-0.4, -0.2) is 38.5 Å². The summed E-state index contributed by atoms with van der Waals surface area (Å²) in [6, 6.07) is 6.09. The molecule has 35 heavy (non-hydrogen) atoms. The molecule has 184 valence electrons. The van der Waals surface area contributed by atoms with Gasteiger partial charge in [-0.1, -0.05) is 18.3 Å². The molecule has 0 saturated carbocycles. The smallest absolute Gasteiger partial charge is 0.343 e. The number of hydrogen-bond acceptors (Lipinski definition) is 7. The Morgan fingerprint density at radius 3 is 2.63 bits per heavy atom. The molecular formula is C23H24F3N7OS. The van der Waals surface area contributed by atoms with E-state index >= 15 is 0 Å². The van der Waals surface area contributed by atoms with E-state index in [0.29, 0.717) is 16.3 Å². The second-order valence-electron chi connectivity index (χ2n) is 7.81. The summed E-state index contributed by atoms with van der Waals surface area (Å²) in [4.78, 5) is 26.5. The zero-order valence-electron chi connectivity index (χ0n) is 19.1. The highest BCUT2D eigenvalue weighted by Gasteiger charge is 2.30. The summed E-state index contributed by atoms with van der Waals surface area (Å²) in [6.07, 6.45) is 0.550. The zero-order chi connectivity index (χ0) is 25.0. The van der Waals surface area contributed by atoms with Crippen LogP contribution in [0.3, 0.4) is 0 Å². The lowest BCUT2D eigenvalue weighted by atomic mass is 10.2. The molecule has 1 unspecified atom stereocenters. The number of halogens is 3. The summed E-state index contributed by atoms with van der Waals surface area (Å²) in [5.41, 5.74) is 1.59. The van der Waals surface area contributed by atoms with Gasteiger partial charge in [-0.25, -0.2) is 15.0 Å². The molecule has 0 spiro atoms. The number of hydrogen-bond donors (Lipinski definition) is 3. The number of carbonyl (C=O) groups is 1. The van der Waals surface area contributed by atoms with Crippen LogP contribution >= 0.6 is 11.3 Å². The van der Waals surface area contributed by atoms with Gasteiger partial charge in [-0.05, 0) is 43.8 Å². The fourth-order valence-corrected chi connectivity index (χ4v) is 4.23. The Labute approximate surface area is 203 Å². The summed E-state index contributed by atoms with van der Waals surface area (Å²) in [6.45, 7) is 6.25. The number of imidazole rings is 1. The Balaban J connectivity index is 1.40. The van der Waals surface area contributed by atoms with Gasteiger partial charge >= 0.3 is 6.18 Å². The fourth-order valence-electron chi connectivity index (χ4n) is 3.39. The maximum absolute atomic E-state index is 12.8. The van der Waals surface area contributed by atoms with Crippen LogP contribution in [0.25, 0.3) is 11.0 Å². The van der Waals surface area contributed by atoms with Gasteiger partial charge < -0.3 is 20.5 Å². The molecule has 1 aromatic carbocycles. The quantitative estimate of drug-likeness (QED) is 0.285. The van der Waals surface area contributed by atoms with Crippen molar-refractivity contribution in [1.29, 1.82) is 0 Å². The molecule has 3 N–H and O–H groups in total. The van der Waals surface area contributed by atoms with Crippen LogP contribution in [-0.2, 0) is 12.7 Å². The average molecular weight is 504 g/mol. The van der Waals surface area contributed by atoms with Gasteiger partial charge in [-0.3, -0.25) is 4.79 Å². The van der Waals surface area contributed by atoms with Crippen LogP contribution in [0.5, 0.6) is 0 Å². The Morgan fingerprint density at radius 1 is 1.14 bits per heavy atom.